The molecule has 1 aliphatic carbocycles. The Bertz CT molecular complexity index is 960. The van der Waals surface area contributed by atoms with Crippen LogP contribution in [-0.2, 0) is 18.7 Å². The highest BCUT2D eigenvalue weighted by atomic mass is 28.4. The molecule has 0 N–H and O–H groups in total. The molecule has 1 saturated heterocycles. The number of hydrogen-bond donors (Lipinski definition) is 0. The summed E-state index contributed by atoms with van der Waals surface area (Å²) in [5.74, 6) is -0.663. The monoisotopic (exact) mass is 478 g/mol. The number of allylic oxidation sites excluding steroid dienone is 1. The summed E-state index contributed by atoms with van der Waals surface area (Å²) in [6, 6.07) is 21.2. The summed E-state index contributed by atoms with van der Waals surface area (Å²) in [6.07, 6.45) is 4.87. The number of Topliss-reactive ketones (excluding diaryl/α,β-unsaturated/α-hetero) is 1. The third kappa shape index (κ3) is 3.93. The van der Waals surface area contributed by atoms with Gasteiger partial charge in [-0.3, -0.25) is 4.79 Å². The summed E-state index contributed by atoms with van der Waals surface area (Å²) in [6.45, 7) is 11.2. The molecule has 0 bridgehead atoms. The average Bonchev–Trinajstić information content (AvgIpc) is 3.16. The normalized spacial score (nSPS) is 27.4. The molecule has 0 radical (unpaired) electrons. The largest absolute Gasteiger partial charge is 0.405 e. The second kappa shape index (κ2) is 9.54. The molecule has 2 aliphatic rings. The Morgan fingerprint density at radius 3 is 2.18 bits per heavy atom. The van der Waals surface area contributed by atoms with Crippen molar-refractivity contribution < 1.29 is 18.7 Å². The molecule has 0 spiro atoms. The highest BCUT2D eigenvalue weighted by Crippen LogP contribution is 2.56. The molecule has 0 amide bonds. The zero-order valence-electron chi connectivity index (χ0n) is 21.0. The lowest BCUT2D eigenvalue weighted by molar-refractivity contribution is -0.263. The maximum absolute atomic E-state index is 13.3. The van der Waals surface area contributed by atoms with Gasteiger partial charge in [0.2, 0.25) is 0 Å². The van der Waals surface area contributed by atoms with Crippen LogP contribution in [0.3, 0.4) is 0 Å². The van der Waals surface area contributed by atoms with Gasteiger partial charge in [-0.15, -0.1) is 6.58 Å². The molecule has 1 heterocycles. The Kier molecular flexibility index (Phi) is 7.03. The van der Waals surface area contributed by atoms with Gasteiger partial charge in [0.15, 0.2) is 5.79 Å². The summed E-state index contributed by atoms with van der Waals surface area (Å²) in [5, 5.41) is 2.36. The van der Waals surface area contributed by atoms with Gasteiger partial charge in [0.05, 0.1) is 18.1 Å². The Morgan fingerprint density at radius 1 is 1.09 bits per heavy atom. The zero-order valence-corrected chi connectivity index (χ0v) is 22.0. The second-order valence-electron chi connectivity index (χ2n) is 10.7. The molecule has 34 heavy (non-hydrogen) atoms. The lowest BCUT2D eigenvalue weighted by Gasteiger charge is -2.45. The number of fused-ring (bicyclic) bond motifs is 1. The third-order valence-electron chi connectivity index (χ3n) is 7.83. The van der Waals surface area contributed by atoms with E-state index < -0.39 is 19.5 Å². The van der Waals surface area contributed by atoms with E-state index in [9.17, 15) is 4.79 Å². The Hall–Kier alpha value is -2.05. The van der Waals surface area contributed by atoms with E-state index in [4.69, 9.17) is 13.9 Å². The van der Waals surface area contributed by atoms with Gasteiger partial charge < -0.3 is 13.9 Å². The number of ether oxygens (including phenoxy) is 2. The van der Waals surface area contributed by atoms with Crippen molar-refractivity contribution in [1.29, 1.82) is 0 Å². The highest BCUT2D eigenvalue weighted by molar-refractivity contribution is 6.99. The van der Waals surface area contributed by atoms with Crippen LogP contribution in [0, 0.1) is 5.41 Å². The van der Waals surface area contributed by atoms with Crippen LogP contribution in [0.25, 0.3) is 0 Å². The maximum atomic E-state index is 13.3. The number of methoxy groups -OCH3 is 1. The SMILES string of the molecule is C=CC[C@@]12C[C@@H](CO[Si](c3ccccc3)(c3ccccc3)C(C)(C)C)O[C@]1(OC)CCCC2=O. The van der Waals surface area contributed by atoms with E-state index in [2.05, 4.69) is 75.9 Å². The molecule has 5 heteroatoms. The third-order valence-corrected chi connectivity index (χ3v) is 12.8. The molecule has 1 aliphatic heterocycles. The van der Waals surface area contributed by atoms with Crippen LogP contribution >= 0.6 is 0 Å². The van der Waals surface area contributed by atoms with Crippen LogP contribution < -0.4 is 10.4 Å². The van der Waals surface area contributed by atoms with E-state index >= 15 is 0 Å². The van der Waals surface area contributed by atoms with Crippen molar-refractivity contribution >= 4 is 24.5 Å². The van der Waals surface area contributed by atoms with Gasteiger partial charge in [-0.2, -0.15) is 0 Å². The first kappa shape index (κ1) is 25.1. The number of rotatable bonds is 8. The topological polar surface area (TPSA) is 44.8 Å². The number of carbonyl (C=O) groups excluding carboxylic acids is 1. The van der Waals surface area contributed by atoms with Gasteiger partial charge in [0, 0.05) is 20.0 Å². The zero-order chi connectivity index (χ0) is 24.5. The number of carbonyl (C=O) groups is 1. The Balaban J connectivity index is 1.72. The maximum Gasteiger partial charge on any atom is 0.261 e. The quantitative estimate of drug-likeness (QED) is 0.395. The van der Waals surface area contributed by atoms with E-state index in [1.165, 1.54) is 10.4 Å². The second-order valence-corrected chi connectivity index (χ2v) is 15.0. The van der Waals surface area contributed by atoms with Crippen LogP contribution in [0.15, 0.2) is 73.3 Å². The predicted octanol–water partition coefficient (Wildman–Crippen LogP) is 5.01. The summed E-state index contributed by atoms with van der Waals surface area (Å²) in [4.78, 5) is 13.3. The fourth-order valence-electron chi connectivity index (χ4n) is 6.33. The van der Waals surface area contributed by atoms with Crippen molar-refractivity contribution in [2.24, 2.45) is 5.41 Å². The first-order valence-corrected chi connectivity index (χ1v) is 14.3. The van der Waals surface area contributed by atoms with Gasteiger partial charge in [-0.1, -0.05) is 87.5 Å². The molecule has 2 aromatic carbocycles. The van der Waals surface area contributed by atoms with Crippen LogP contribution in [0.4, 0.5) is 0 Å². The molecule has 1 saturated carbocycles. The smallest absolute Gasteiger partial charge is 0.261 e. The average molecular weight is 479 g/mol. The van der Waals surface area contributed by atoms with Crippen molar-refractivity contribution in [3.8, 4) is 0 Å². The van der Waals surface area contributed by atoms with Crippen LogP contribution in [-0.4, -0.2) is 39.7 Å². The van der Waals surface area contributed by atoms with Crippen molar-refractivity contribution in [3.63, 3.8) is 0 Å². The summed E-state index contributed by atoms with van der Waals surface area (Å²) in [5.41, 5.74) is -0.679. The van der Waals surface area contributed by atoms with Gasteiger partial charge in [0.1, 0.15) is 5.78 Å². The molecular formula is C29H38O4Si. The predicted molar refractivity (Wildman–Crippen MR) is 139 cm³/mol. The summed E-state index contributed by atoms with van der Waals surface area (Å²) in [7, 11) is -1.02. The summed E-state index contributed by atoms with van der Waals surface area (Å²) >= 11 is 0. The van der Waals surface area contributed by atoms with E-state index in [1.807, 2.05) is 18.2 Å². The molecule has 0 unspecified atom stereocenters. The van der Waals surface area contributed by atoms with Gasteiger partial charge in [-0.25, -0.2) is 0 Å². The molecule has 3 atom stereocenters. The lowest BCUT2D eigenvalue weighted by Crippen LogP contribution is -2.67. The summed E-state index contributed by atoms with van der Waals surface area (Å²) < 4.78 is 19.7. The lowest BCUT2D eigenvalue weighted by atomic mass is 9.65. The van der Waals surface area contributed by atoms with Crippen molar-refractivity contribution in [1.82, 2.24) is 0 Å². The molecular weight excluding hydrogens is 440 g/mol. The van der Waals surface area contributed by atoms with Gasteiger partial charge in [-0.05, 0) is 34.7 Å². The molecule has 2 fully saturated rings. The fraction of sp³-hybridized carbons (Fsp3) is 0.483. The molecule has 0 aromatic heterocycles. The number of hydrogen-bond acceptors (Lipinski definition) is 4. The Labute approximate surface area is 205 Å². The van der Waals surface area contributed by atoms with Crippen molar-refractivity contribution in [2.45, 2.75) is 69.8 Å². The molecule has 182 valence electrons. The standard InChI is InChI=1S/C29H38O4Si/c1-6-19-28-21-23(33-29(28,31-5)20-13-18-26(28)30)22-32-34(27(2,3)4,24-14-9-7-10-15-24)25-16-11-8-12-17-25/h6-12,14-17,23H,1,13,18-22H2,2-5H3/t23-,28-,29+/m0/s1. The van der Waals surface area contributed by atoms with Crippen LogP contribution in [0.5, 0.6) is 0 Å². The first-order valence-electron chi connectivity index (χ1n) is 12.4. The van der Waals surface area contributed by atoms with E-state index in [1.54, 1.807) is 7.11 Å². The minimum Gasteiger partial charge on any atom is -0.405 e. The van der Waals surface area contributed by atoms with Gasteiger partial charge in [0.25, 0.3) is 8.32 Å². The molecule has 4 rings (SSSR count). The van der Waals surface area contributed by atoms with Crippen LogP contribution in [0.2, 0.25) is 5.04 Å². The van der Waals surface area contributed by atoms with Crippen molar-refractivity contribution in [3.05, 3.63) is 73.3 Å². The van der Waals surface area contributed by atoms with E-state index in [0.717, 1.165) is 12.8 Å². The number of benzene rings is 2. The molecule has 4 nitrogen and oxygen atoms in total. The first-order chi connectivity index (χ1) is 16.2. The fourth-order valence-corrected chi connectivity index (χ4v) is 10.9. The van der Waals surface area contributed by atoms with Gasteiger partial charge >= 0.3 is 0 Å². The van der Waals surface area contributed by atoms with Crippen molar-refractivity contribution in [2.75, 3.05) is 13.7 Å². The number of ketones is 1. The van der Waals surface area contributed by atoms with E-state index in [0.29, 0.717) is 25.9 Å². The highest BCUT2D eigenvalue weighted by Gasteiger charge is 2.65. The molecule has 2 aromatic rings. The Morgan fingerprint density at radius 2 is 1.68 bits per heavy atom. The van der Waals surface area contributed by atoms with Crippen LogP contribution in [0.1, 0.15) is 52.9 Å². The minimum atomic E-state index is -2.69. The van der Waals surface area contributed by atoms with E-state index in [-0.39, 0.29) is 16.9 Å². The minimum absolute atomic E-state index is 0.116.